The predicted molar refractivity (Wildman–Crippen MR) is 69.9 cm³/mol. The van der Waals surface area contributed by atoms with Gasteiger partial charge in [-0.25, -0.2) is 0 Å². The SMILES string of the molecule is CC(=Cc1ccc(C)cc1)C(=O)N[C@@H](CO)C(F)(F)F. The van der Waals surface area contributed by atoms with Gasteiger partial charge in [0.1, 0.15) is 6.04 Å². The molecule has 0 aliphatic carbocycles. The first-order valence-corrected chi connectivity index (χ1v) is 5.97. The molecule has 0 aromatic heterocycles. The fraction of sp³-hybridized carbons (Fsp3) is 0.357. The topological polar surface area (TPSA) is 49.3 Å². The van der Waals surface area contributed by atoms with Gasteiger partial charge < -0.3 is 10.4 Å². The summed E-state index contributed by atoms with van der Waals surface area (Å²) in [5, 5.41) is 10.4. The summed E-state index contributed by atoms with van der Waals surface area (Å²) in [5.41, 5.74) is 1.90. The summed E-state index contributed by atoms with van der Waals surface area (Å²) >= 11 is 0. The second-order valence-electron chi connectivity index (χ2n) is 4.49. The van der Waals surface area contributed by atoms with Crippen molar-refractivity contribution in [2.45, 2.75) is 26.1 Å². The number of amides is 1. The first-order valence-electron chi connectivity index (χ1n) is 5.97. The molecule has 0 aliphatic rings. The Bertz CT molecular complexity index is 492. The Morgan fingerprint density at radius 3 is 2.35 bits per heavy atom. The predicted octanol–water partition coefficient (Wildman–Crippen LogP) is 2.44. The molecular formula is C14H16F3NO2. The van der Waals surface area contributed by atoms with Crippen LogP contribution in [-0.4, -0.2) is 29.8 Å². The summed E-state index contributed by atoms with van der Waals surface area (Å²) in [6, 6.07) is 4.95. The van der Waals surface area contributed by atoms with E-state index in [1.165, 1.54) is 13.0 Å². The number of alkyl halides is 3. The third-order valence-electron chi connectivity index (χ3n) is 2.70. The van der Waals surface area contributed by atoms with E-state index >= 15 is 0 Å². The van der Waals surface area contributed by atoms with Crippen molar-refractivity contribution in [3.63, 3.8) is 0 Å². The fourth-order valence-corrected chi connectivity index (χ4v) is 1.48. The van der Waals surface area contributed by atoms with Crippen molar-refractivity contribution in [2.24, 2.45) is 0 Å². The van der Waals surface area contributed by atoms with Crippen LogP contribution in [0, 0.1) is 6.92 Å². The van der Waals surface area contributed by atoms with Crippen LogP contribution in [0.4, 0.5) is 13.2 Å². The fourth-order valence-electron chi connectivity index (χ4n) is 1.48. The Hall–Kier alpha value is -1.82. The lowest BCUT2D eigenvalue weighted by atomic mass is 10.1. The van der Waals surface area contributed by atoms with Crippen LogP contribution in [0.15, 0.2) is 29.8 Å². The van der Waals surface area contributed by atoms with Gasteiger partial charge in [0.2, 0.25) is 5.91 Å². The Morgan fingerprint density at radius 2 is 1.90 bits per heavy atom. The Balaban J connectivity index is 2.78. The van der Waals surface area contributed by atoms with Crippen molar-refractivity contribution >= 4 is 12.0 Å². The number of rotatable bonds is 4. The van der Waals surface area contributed by atoms with Crippen LogP contribution < -0.4 is 5.32 Å². The molecule has 1 rings (SSSR count). The quantitative estimate of drug-likeness (QED) is 0.836. The van der Waals surface area contributed by atoms with E-state index in [0.717, 1.165) is 11.1 Å². The van der Waals surface area contributed by atoms with E-state index in [9.17, 15) is 18.0 Å². The van der Waals surface area contributed by atoms with Crippen LogP contribution in [0.3, 0.4) is 0 Å². The molecule has 1 aromatic rings. The van der Waals surface area contributed by atoms with Gasteiger partial charge in [0.05, 0.1) is 6.61 Å². The lowest BCUT2D eigenvalue weighted by Gasteiger charge is -2.19. The monoisotopic (exact) mass is 287 g/mol. The molecule has 1 aromatic carbocycles. The van der Waals surface area contributed by atoms with Crippen molar-refractivity contribution in [1.29, 1.82) is 0 Å². The second-order valence-corrected chi connectivity index (χ2v) is 4.49. The van der Waals surface area contributed by atoms with Crippen molar-refractivity contribution in [3.8, 4) is 0 Å². The van der Waals surface area contributed by atoms with Gasteiger partial charge in [0, 0.05) is 5.57 Å². The molecule has 3 nitrogen and oxygen atoms in total. The molecule has 0 saturated carbocycles. The number of aliphatic hydroxyl groups excluding tert-OH is 1. The maximum absolute atomic E-state index is 12.4. The summed E-state index contributed by atoms with van der Waals surface area (Å²) in [6.07, 6.45) is -3.19. The van der Waals surface area contributed by atoms with Gasteiger partial charge >= 0.3 is 6.18 Å². The van der Waals surface area contributed by atoms with Gasteiger partial charge in [-0.1, -0.05) is 29.8 Å². The number of carbonyl (C=O) groups is 1. The summed E-state index contributed by atoms with van der Waals surface area (Å²) in [5.74, 6) is -0.859. The van der Waals surface area contributed by atoms with Crippen molar-refractivity contribution in [3.05, 3.63) is 41.0 Å². The molecule has 0 aliphatic heterocycles. The average molecular weight is 287 g/mol. The molecule has 0 spiro atoms. The van der Waals surface area contributed by atoms with Crippen LogP contribution >= 0.6 is 0 Å². The first kappa shape index (κ1) is 16.2. The zero-order valence-electron chi connectivity index (χ0n) is 11.2. The minimum atomic E-state index is -4.67. The maximum atomic E-state index is 12.4. The second kappa shape index (κ2) is 6.56. The number of hydrogen-bond donors (Lipinski definition) is 2. The summed E-state index contributed by atoms with van der Waals surface area (Å²) in [6.45, 7) is 2.13. The minimum absolute atomic E-state index is 0.136. The molecule has 0 bridgehead atoms. The maximum Gasteiger partial charge on any atom is 0.410 e. The summed E-state index contributed by atoms with van der Waals surface area (Å²) < 4.78 is 37.3. The molecule has 2 N–H and O–H groups in total. The standard InChI is InChI=1S/C14H16F3NO2/c1-9-3-5-11(6-4-9)7-10(2)13(20)18-12(8-19)14(15,16)17/h3-7,12,19H,8H2,1-2H3,(H,18,20)/t12-/m0/s1. The summed E-state index contributed by atoms with van der Waals surface area (Å²) in [4.78, 5) is 11.6. The molecule has 1 amide bonds. The molecule has 6 heteroatoms. The lowest BCUT2D eigenvalue weighted by molar-refractivity contribution is -0.167. The number of halogens is 3. The van der Waals surface area contributed by atoms with Crippen LogP contribution in [-0.2, 0) is 4.79 Å². The van der Waals surface area contributed by atoms with Gasteiger partial charge in [-0.05, 0) is 25.5 Å². The van der Waals surface area contributed by atoms with E-state index in [2.05, 4.69) is 0 Å². The van der Waals surface area contributed by atoms with Gasteiger partial charge in [-0.2, -0.15) is 13.2 Å². The van der Waals surface area contributed by atoms with E-state index in [1.54, 1.807) is 17.4 Å². The molecule has 110 valence electrons. The zero-order valence-corrected chi connectivity index (χ0v) is 11.2. The first-order chi connectivity index (χ1) is 9.24. The van der Waals surface area contributed by atoms with E-state index in [0.29, 0.717) is 0 Å². The van der Waals surface area contributed by atoms with Crippen molar-refractivity contribution < 1.29 is 23.1 Å². The molecular weight excluding hydrogens is 271 g/mol. The molecule has 0 unspecified atom stereocenters. The third kappa shape index (κ3) is 4.70. The minimum Gasteiger partial charge on any atom is -0.394 e. The average Bonchev–Trinajstić information content (AvgIpc) is 2.36. The van der Waals surface area contributed by atoms with Gasteiger partial charge in [0.25, 0.3) is 0 Å². The van der Waals surface area contributed by atoms with Crippen LogP contribution in [0.25, 0.3) is 6.08 Å². The van der Waals surface area contributed by atoms with E-state index in [1.807, 2.05) is 19.1 Å². The molecule has 0 fully saturated rings. The smallest absolute Gasteiger partial charge is 0.394 e. The molecule has 0 radical (unpaired) electrons. The highest BCUT2D eigenvalue weighted by molar-refractivity contribution is 5.97. The van der Waals surface area contributed by atoms with E-state index in [-0.39, 0.29) is 5.57 Å². The number of aryl methyl sites for hydroxylation is 1. The highest BCUT2D eigenvalue weighted by Gasteiger charge is 2.40. The number of hydrogen-bond acceptors (Lipinski definition) is 2. The normalized spacial score (nSPS) is 14.0. The number of benzene rings is 1. The van der Waals surface area contributed by atoms with Gasteiger partial charge in [-0.15, -0.1) is 0 Å². The summed E-state index contributed by atoms with van der Waals surface area (Å²) in [7, 11) is 0. The van der Waals surface area contributed by atoms with Gasteiger partial charge in [0.15, 0.2) is 0 Å². The number of nitrogens with one attached hydrogen (secondary N) is 1. The highest BCUT2D eigenvalue weighted by atomic mass is 19.4. The van der Waals surface area contributed by atoms with Crippen molar-refractivity contribution in [1.82, 2.24) is 5.32 Å². The molecule has 20 heavy (non-hydrogen) atoms. The zero-order chi connectivity index (χ0) is 15.3. The van der Waals surface area contributed by atoms with E-state index < -0.39 is 24.7 Å². The molecule has 0 heterocycles. The Kier molecular flexibility index (Phi) is 5.33. The Morgan fingerprint density at radius 1 is 1.35 bits per heavy atom. The van der Waals surface area contributed by atoms with Crippen LogP contribution in [0.1, 0.15) is 18.1 Å². The van der Waals surface area contributed by atoms with Crippen LogP contribution in [0.2, 0.25) is 0 Å². The number of carbonyl (C=O) groups excluding carboxylic acids is 1. The number of aliphatic hydroxyl groups is 1. The van der Waals surface area contributed by atoms with Crippen molar-refractivity contribution in [2.75, 3.05) is 6.61 Å². The van der Waals surface area contributed by atoms with E-state index in [4.69, 9.17) is 5.11 Å². The Labute approximate surface area is 115 Å². The largest absolute Gasteiger partial charge is 0.410 e. The molecule has 1 atom stereocenters. The lowest BCUT2D eigenvalue weighted by Crippen LogP contribution is -2.48. The van der Waals surface area contributed by atoms with Crippen LogP contribution in [0.5, 0.6) is 0 Å². The van der Waals surface area contributed by atoms with Gasteiger partial charge in [-0.3, -0.25) is 4.79 Å². The molecule has 0 saturated heterocycles. The highest BCUT2D eigenvalue weighted by Crippen LogP contribution is 2.20. The third-order valence-corrected chi connectivity index (χ3v) is 2.70.